The Kier molecular flexibility index (Phi) is 5.04. The second-order valence-electron chi connectivity index (χ2n) is 4.71. The first-order valence-corrected chi connectivity index (χ1v) is 7.31. The van der Waals surface area contributed by atoms with Crippen LogP contribution in [0.5, 0.6) is 0 Å². The molecule has 4 heteroatoms. The Balaban J connectivity index is 2.11. The van der Waals surface area contributed by atoms with Crippen LogP contribution in [0.15, 0.2) is 24.3 Å². The summed E-state index contributed by atoms with van der Waals surface area (Å²) in [5, 5.41) is 11.7. The maximum atomic E-state index is 4.55. The molecule has 0 aliphatic rings. The fraction of sp³-hybridized carbons (Fsp3) is 0.438. The number of nitrogens with zero attached hydrogens (tertiary/aromatic N) is 3. The lowest BCUT2D eigenvalue weighted by atomic mass is 10.1. The first kappa shape index (κ1) is 14.4. The molecule has 0 aliphatic heterocycles. The van der Waals surface area contributed by atoms with Gasteiger partial charge >= 0.3 is 0 Å². The van der Waals surface area contributed by atoms with Gasteiger partial charge in [0.15, 0.2) is 0 Å². The minimum absolute atomic E-state index is 0.616. The van der Waals surface area contributed by atoms with Crippen molar-refractivity contribution < 1.29 is 0 Å². The van der Waals surface area contributed by atoms with Crippen LogP contribution in [-0.2, 0) is 25.8 Å². The van der Waals surface area contributed by atoms with E-state index >= 15 is 0 Å². The van der Waals surface area contributed by atoms with E-state index in [1.165, 1.54) is 11.1 Å². The molecule has 0 spiro atoms. The number of nitrogens with one attached hydrogen (secondary N) is 1. The van der Waals surface area contributed by atoms with E-state index in [2.05, 4.69) is 65.5 Å². The van der Waals surface area contributed by atoms with Gasteiger partial charge in [-0.3, -0.25) is 0 Å². The summed E-state index contributed by atoms with van der Waals surface area (Å²) in [5.41, 5.74) is 4.67. The van der Waals surface area contributed by atoms with Crippen molar-refractivity contribution in [1.29, 1.82) is 0 Å². The minimum atomic E-state index is 0.616. The van der Waals surface area contributed by atoms with E-state index in [4.69, 9.17) is 0 Å². The number of benzene rings is 1. The highest BCUT2D eigenvalue weighted by Crippen LogP contribution is 2.12. The highest BCUT2D eigenvalue weighted by atomic mass is 15.2. The predicted octanol–water partition coefficient (Wildman–Crippen LogP) is 3.17. The summed E-state index contributed by atoms with van der Waals surface area (Å²) < 4.78 is 0. The Morgan fingerprint density at radius 3 is 2.20 bits per heavy atom. The molecule has 1 aromatic carbocycles. The summed E-state index contributed by atoms with van der Waals surface area (Å²) in [5.74, 6) is 0.616. The second-order valence-corrected chi connectivity index (χ2v) is 4.71. The van der Waals surface area contributed by atoms with E-state index in [9.17, 15) is 0 Å². The van der Waals surface area contributed by atoms with Crippen molar-refractivity contribution in [3.63, 3.8) is 0 Å². The van der Waals surface area contributed by atoms with Crippen LogP contribution in [0, 0.1) is 0 Å². The molecule has 1 N–H and O–H groups in total. The molecule has 0 fully saturated rings. The van der Waals surface area contributed by atoms with E-state index in [1.807, 2.05) is 0 Å². The fourth-order valence-electron chi connectivity index (χ4n) is 2.26. The lowest BCUT2D eigenvalue weighted by Crippen LogP contribution is -2.10. The third-order valence-electron chi connectivity index (χ3n) is 3.45. The van der Waals surface area contributed by atoms with Gasteiger partial charge < -0.3 is 5.32 Å². The molecule has 0 amide bonds. The van der Waals surface area contributed by atoms with Gasteiger partial charge in [-0.15, -0.1) is 5.10 Å². The first-order valence-electron chi connectivity index (χ1n) is 7.31. The van der Waals surface area contributed by atoms with Gasteiger partial charge in [0.1, 0.15) is 0 Å². The van der Waals surface area contributed by atoms with Crippen LogP contribution in [0.25, 0.3) is 0 Å². The molecular formula is C16H22N4. The van der Waals surface area contributed by atoms with Crippen LogP contribution in [0.4, 0.5) is 5.95 Å². The number of rotatable bonds is 6. The van der Waals surface area contributed by atoms with Crippen molar-refractivity contribution in [3.05, 3.63) is 46.8 Å². The monoisotopic (exact) mass is 270 g/mol. The van der Waals surface area contributed by atoms with Gasteiger partial charge in [-0.25, -0.2) is 4.98 Å². The Morgan fingerprint density at radius 1 is 0.850 bits per heavy atom. The summed E-state index contributed by atoms with van der Waals surface area (Å²) in [6.07, 6.45) is 2.80. The average molecular weight is 270 g/mol. The van der Waals surface area contributed by atoms with Gasteiger partial charge in [0.05, 0.1) is 11.4 Å². The van der Waals surface area contributed by atoms with Gasteiger partial charge in [0, 0.05) is 6.54 Å². The van der Waals surface area contributed by atoms with Crippen molar-refractivity contribution in [2.45, 2.75) is 46.6 Å². The van der Waals surface area contributed by atoms with Crippen LogP contribution in [0.1, 0.15) is 43.3 Å². The first-order chi connectivity index (χ1) is 9.78. The smallest absolute Gasteiger partial charge is 0.243 e. The summed E-state index contributed by atoms with van der Waals surface area (Å²) in [4.78, 5) is 4.55. The molecule has 0 saturated heterocycles. The largest absolute Gasteiger partial charge is 0.349 e. The maximum absolute atomic E-state index is 4.55. The topological polar surface area (TPSA) is 50.7 Å². The second kappa shape index (κ2) is 6.98. The molecule has 2 aromatic rings. The van der Waals surface area contributed by atoms with Gasteiger partial charge in [-0.05, 0) is 30.4 Å². The van der Waals surface area contributed by atoms with Crippen LogP contribution in [0.3, 0.4) is 0 Å². The number of aryl methyl sites for hydroxylation is 3. The maximum Gasteiger partial charge on any atom is 0.243 e. The van der Waals surface area contributed by atoms with Gasteiger partial charge in [-0.1, -0.05) is 45.0 Å². The minimum Gasteiger partial charge on any atom is -0.349 e. The Labute approximate surface area is 120 Å². The molecule has 0 bridgehead atoms. The number of aromatic nitrogens is 3. The van der Waals surface area contributed by atoms with E-state index in [-0.39, 0.29) is 0 Å². The predicted molar refractivity (Wildman–Crippen MR) is 81.7 cm³/mol. The molecule has 1 aromatic heterocycles. The third-order valence-corrected chi connectivity index (χ3v) is 3.45. The molecule has 0 unspecified atom stereocenters. The summed E-state index contributed by atoms with van der Waals surface area (Å²) in [7, 11) is 0. The zero-order chi connectivity index (χ0) is 14.4. The molecular weight excluding hydrogens is 248 g/mol. The average Bonchev–Trinajstić information content (AvgIpc) is 2.52. The number of hydrogen-bond donors (Lipinski definition) is 1. The summed E-state index contributed by atoms with van der Waals surface area (Å²) in [6.45, 7) is 7.08. The molecule has 2 rings (SSSR count). The lowest BCUT2D eigenvalue weighted by Gasteiger charge is -2.10. The normalized spacial score (nSPS) is 10.6. The molecule has 4 nitrogen and oxygen atoms in total. The fourth-order valence-corrected chi connectivity index (χ4v) is 2.26. The van der Waals surface area contributed by atoms with Crippen LogP contribution < -0.4 is 5.32 Å². The van der Waals surface area contributed by atoms with Gasteiger partial charge in [0.2, 0.25) is 5.95 Å². The van der Waals surface area contributed by atoms with Gasteiger partial charge in [0.25, 0.3) is 0 Å². The van der Waals surface area contributed by atoms with E-state index in [1.54, 1.807) is 0 Å². The SMILES string of the molecule is CCc1ccccc1CNc1nnc(CC)c(CC)n1. The zero-order valence-electron chi connectivity index (χ0n) is 12.5. The highest BCUT2D eigenvalue weighted by molar-refractivity contribution is 5.32. The molecule has 1 heterocycles. The standard InChI is InChI=1S/C16H22N4/c1-4-12-9-7-8-10-13(12)11-17-16-18-14(5-2)15(6-3)19-20-16/h7-10H,4-6,11H2,1-3H3,(H,17,18,20). The Morgan fingerprint density at radius 2 is 1.55 bits per heavy atom. The molecule has 0 aliphatic carbocycles. The van der Waals surface area contributed by atoms with Crippen molar-refractivity contribution in [2.24, 2.45) is 0 Å². The number of hydrogen-bond acceptors (Lipinski definition) is 4. The molecule has 0 atom stereocenters. The van der Waals surface area contributed by atoms with E-state index < -0.39 is 0 Å². The Hall–Kier alpha value is -1.97. The van der Waals surface area contributed by atoms with Crippen LogP contribution >= 0.6 is 0 Å². The summed E-state index contributed by atoms with van der Waals surface area (Å²) >= 11 is 0. The Bertz CT molecular complexity index is 566. The quantitative estimate of drug-likeness (QED) is 0.876. The van der Waals surface area contributed by atoms with Crippen molar-refractivity contribution in [3.8, 4) is 0 Å². The third kappa shape index (κ3) is 3.32. The number of anilines is 1. The van der Waals surface area contributed by atoms with Crippen molar-refractivity contribution >= 4 is 5.95 Å². The van der Waals surface area contributed by atoms with Crippen molar-refractivity contribution in [2.75, 3.05) is 5.32 Å². The molecule has 106 valence electrons. The van der Waals surface area contributed by atoms with Crippen LogP contribution in [-0.4, -0.2) is 15.2 Å². The van der Waals surface area contributed by atoms with E-state index in [0.29, 0.717) is 5.95 Å². The van der Waals surface area contributed by atoms with Gasteiger partial charge in [-0.2, -0.15) is 5.10 Å². The van der Waals surface area contributed by atoms with E-state index in [0.717, 1.165) is 37.2 Å². The molecule has 20 heavy (non-hydrogen) atoms. The molecule has 0 radical (unpaired) electrons. The van der Waals surface area contributed by atoms with Crippen LogP contribution in [0.2, 0.25) is 0 Å². The molecule has 0 saturated carbocycles. The summed E-state index contributed by atoms with van der Waals surface area (Å²) in [6, 6.07) is 8.44. The van der Waals surface area contributed by atoms with Crippen molar-refractivity contribution in [1.82, 2.24) is 15.2 Å². The lowest BCUT2D eigenvalue weighted by molar-refractivity contribution is 0.818. The zero-order valence-corrected chi connectivity index (χ0v) is 12.5. The highest BCUT2D eigenvalue weighted by Gasteiger charge is 2.06.